The molecule has 0 saturated heterocycles. The van der Waals surface area contributed by atoms with Crippen molar-refractivity contribution >= 4 is 17.7 Å². The number of carbonyl (C=O) groups excluding carboxylic acids is 1. The highest BCUT2D eigenvalue weighted by molar-refractivity contribution is 5.91. The maximum Gasteiger partial charge on any atom is 0.371 e. The molecule has 2 rings (SSSR count). The number of nitrogens with zero attached hydrogens (tertiary/aromatic N) is 2. The number of carbonyl (C=O) groups is 2. The van der Waals surface area contributed by atoms with Crippen LogP contribution in [-0.2, 0) is 6.54 Å². The number of anilines is 1. The number of nitrogens with one attached hydrogen (secondary N) is 1. The molecule has 0 fully saturated rings. The summed E-state index contributed by atoms with van der Waals surface area (Å²) in [6, 6.07) is 5.99. The molecule has 2 amide bonds. The van der Waals surface area contributed by atoms with Gasteiger partial charge in [-0.05, 0) is 24.3 Å². The minimum Gasteiger partial charge on any atom is -0.475 e. The number of aromatic nitrogens is 1. The lowest BCUT2D eigenvalue weighted by Crippen LogP contribution is -2.36. The number of carboxylic acid groups (broad SMARTS) is 1. The molecule has 0 bridgehead atoms. The van der Waals surface area contributed by atoms with Gasteiger partial charge in [0.15, 0.2) is 0 Å². The zero-order valence-electron chi connectivity index (χ0n) is 10.7. The fourth-order valence-electron chi connectivity index (χ4n) is 1.54. The summed E-state index contributed by atoms with van der Waals surface area (Å²) in [5, 5.41) is 11.3. The molecule has 2 N–H and O–H groups in total. The van der Waals surface area contributed by atoms with Crippen molar-refractivity contribution < 1.29 is 19.1 Å². The van der Waals surface area contributed by atoms with Crippen LogP contribution in [-0.4, -0.2) is 29.1 Å². The zero-order valence-corrected chi connectivity index (χ0v) is 10.7. The Balaban J connectivity index is 1.93. The van der Waals surface area contributed by atoms with E-state index in [0.717, 1.165) is 0 Å². The number of carboxylic acids is 1. The maximum atomic E-state index is 11.9. The van der Waals surface area contributed by atoms with Crippen molar-refractivity contribution in [3.63, 3.8) is 0 Å². The van der Waals surface area contributed by atoms with Crippen LogP contribution in [0, 0.1) is 0 Å². The molecular formula is C13H13N3O4. The lowest BCUT2D eigenvalue weighted by molar-refractivity contribution is 0.0660. The van der Waals surface area contributed by atoms with Gasteiger partial charge in [0.1, 0.15) is 5.76 Å². The number of rotatable bonds is 4. The first-order valence-corrected chi connectivity index (χ1v) is 5.81. The third-order valence-electron chi connectivity index (χ3n) is 2.62. The normalized spacial score (nSPS) is 10.1. The highest BCUT2D eigenvalue weighted by atomic mass is 16.4. The molecule has 0 aromatic carbocycles. The Bertz CT molecular complexity index is 609. The van der Waals surface area contributed by atoms with Gasteiger partial charge in [-0.1, -0.05) is 0 Å². The van der Waals surface area contributed by atoms with Crippen LogP contribution in [0.2, 0.25) is 0 Å². The molecule has 0 saturated carbocycles. The van der Waals surface area contributed by atoms with Gasteiger partial charge in [0.25, 0.3) is 0 Å². The van der Waals surface area contributed by atoms with Gasteiger partial charge in [-0.2, -0.15) is 0 Å². The van der Waals surface area contributed by atoms with Gasteiger partial charge in [-0.3, -0.25) is 9.88 Å². The van der Waals surface area contributed by atoms with Gasteiger partial charge in [0.05, 0.1) is 18.4 Å². The first-order chi connectivity index (χ1) is 9.58. The summed E-state index contributed by atoms with van der Waals surface area (Å²) in [5.74, 6) is -0.930. The highest BCUT2D eigenvalue weighted by Crippen LogP contribution is 2.10. The third kappa shape index (κ3) is 3.14. The second kappa shape index (κ2) is 5.87. The van der Waals surface area contributed by atoms with Crippen LogP contribution in [0.5, 0.6) is 0 Å². The average molecular weight is 275 g/mol. The summed E-state index contributed by atoms with van der Waals surface area (Å²) < 4.78 is 5.04. The third-order valence-corrected chi connectivity index (χ3v) is 2.62. The van der Waals surface area contributed by atoms with Crippen molar-refractivity contribution in [2.24, 2.45) is 0 Å². The van der Waals surface area contributed by atoms with Crippen molar-refractivity contribution in [1.29, 1.82) is 0 Å². The fourth-order valence-corrected chi connectivity index (χ4v) is 1.54. The monoisotopic (exact) mass is 275 g/mol. The topological polar surface area (TPSA) is 95.7 Å². The van der Waals surface area contributed by atoms with Crippen LogP contribution in [0.15, 0.2) is 41.1 Å². The Labute approximate surface area is 114 Å². The number of aromatic carboxylic acids is 1. The molecule has 0 radical (unpaired) electrons. The molecule has 0 unspecified atom stereocenters. The van der Waals surface area contributed by atoms with Crippen LogP contribution < -0.4 is 10.2 Å². The van der Waals surface area contributed by atoms with Crippen molar-refractivity contribution in [1.82, 2.24) is 10.3 Å². The van der Waals surface area contributed by atoms with E-state index in [-0.39, 0.29) is 18.3 Å². The van der Waals surface area contributed by atoms with Gasteiger partial charge in [-0.25, -0.2) is 9.59 Å². The number of pyridine rings is 1. The summed E-state index contributed by atoms with van der Waals surface area (Å²) >= 11 is 0. The predicted molar refractivity (Wildman–Crippen MR) is 70.5 cm³/mol. The molecule has 0 aliphatic heterocycles. The summed E-state index contributed by atoms with van der Waals surface area (Å²) in [4.78, 5) is 27.9. The average Bonchev–Trinajstić information content (AvgIpc) is 2.94. The van der Waals surface area contributed by atoms with Gasteiger partial charge in [0.2, 0.25) is 5.76 Å². The number of hydrogen-bond donors (Lipinski definition) is 2. The molecule has 0 aliphatic rings. The Hall–Kier alpha value is -2.83. The van der Waals surface area contributed by atoms with E-state index < -0.39 is 5.97 Å². The van der Waals surface area contributed by atoms with Gasteiger partial charge < -0.3 is 14.8 Å². The fraction of sp³-hybridized carbons (Fsp3) is 0.154. The molecule has 0 atom stereocenters. The minimum absolute atomic E-state index is 0.108. The largest absolute Gasteiger partial charge is 0.475 e. The second-order valence-electron chi connectivity index (χ2n) is 4.00. The van der Waals surface area contributed by atoms with E-state index in [1.54, 1.807) is 31.6 Å². The molecule has 2 aromatic rings. The van der Waals surface area contributed by atoms with Crippen LogP contribution in [0.3, 0.4) is 0 Å². The highest BCUT2D eigenvalue weighted by Gasteiger charge is 2.12. The second-order valence-corrected chi connectivity index (χ2v) is 4.00. The van der Waals surface area contributed by atoms with Crippen LogP contribution in [0.1, 0.15) is 16.3 Å². The van der Waals surface area contributed by atoms with Crippen molar-refractivity contribution in [3.05, 3.63) is 48.2 Å². The Morgan fingerprint density at radius 1 is 1.40 bits per heavy atom. The van der Waals surface area contributed by atoms with Crippen molar-refractivity contribution in [2.45, 2.75) is 6.54 Å². The molecule has 0 aliphatic carbocycles. The maximum absolute atomic E-state index is 11.9. The molecule has 2 aromatic heterocycles. The van der Waals surface area contributed by atoms with Gasteiger partial charge in [0, 0.05) is 13.2 Å². The van der Waals surface area contributed by atoms with Crippen LogP contribution in [0.25, 0.3) is 0 Å². The van der Waals surface area contributed by atoms with Gasteiger partial charge >= 0.3 is 12.0 Å². The lowest BCUT2D eigenvalue weighted by atomic mass is 10.4. The van der Waals surface area contributed by atoms with E-state index in [1.165, 1.54) is 17.0 Å². The van der Waals surface area contributed by atoms with Crippen LogP contribution >= 0.6 is 0 Å². The summed E-state index contributed by atoms with van der Waals surface area (Å²) in [6.07, 6.45) is 3.18. The van der Waals surface area contributed by atoms with E-state index in [2.05, 4.69) is 10.3 Å². The minimum atomic E-state index is -1.14. The van der Waals surface area contributed by atoms with E-state index in [1.807, 2.05) is 0 Å². The molecule has 20 heavy (non-hydrogen) atoms. The molecule has 0 spiro atoms. The standard InChI is InChI=1S/C13H13N3O4/c1-16(9-3-2-6-14-7-9)13(19)15-8-10-4-5-11(20-10)12(17)18/h2-7H,8H2,1H3,(H,15,19)(H,17,18). The summed E-state index contributed by atoms with van der Waals surface area (Å²) in [7, 11) is 1.61. The Kier molecular flexibility index (Phi) is 3.99. The number of amides is 2. The number of furan rings is 1. The SMILES string of the molecule is CN(C(=O)NCc1ccc(C(=O)O)o1)c1cccnc1. The van der Waals surface area contributed by atoms with E-state index >= 15 is 0 Å². The first kappa shape index (κ1) is 13.6. The van der Waals surface area contributed by atoms with E-state index in [4.69, 9.17) is 9.52 Å². The van der Waals surface area contributed by atoms with E-state index in [0.29, 0.717) is 11.4 Å². The smallest absolute Gasteiger partial charge is 0.371 e. The van der Waals surface area contributed by atoms with E-state index in [9.17, 15) is 9.59 Å². The molecular weight excluding hydrogens is 262 g/mol. The zero-order chi connectivity index (χ0) is 14.5. The van der Waals surface area contributed by atoms with Crippen molar-refractivity contribution in [2.75, 3.05) is 11.9 Å². The summed E-state index contributed by atoms with van der Waals surface area (Å²) in [6.45, 7) is 0.108. The predicted octanol–water partition coefficient (Wildman–Crippen LogP) is 1.72. The first-order valence-electron chi connectivity index (χ1n) is 5.81. The molecule has 7 heteroatoms. The Morgan fingerprint density at radius 3 is 2.80 bits per heavy atom. The molecule has 7 nitrogen and oxygen atoms in total. The number of hydrogen-bond acceptors (Lipinski definition) is 4. The lowest BCUT2D eigenvalue weighted by Gasteiger charge is -2.16. The van der Waals surface area contributed by atoms with Crippen LogP contribution in [0.4, 0.5) is 10.5 Å². The molecule has 104 valence electrons. The summed E-state index contributed by atoms with van der Waals surface area (Å²) in [5.41, 5.74) is 0.649. The number of urea groups is 1. The molecule has 2 heterocycles. The van der Waals surface area contributed by atoms with Gasteiger partial charge in [-0.15, -0.1) is 0 Å². The Morgan fingerprint density at radius 2 is 2.20 bits per heavy atom. The van der Waals surface area contributed by atoms with Crippen molar-refractivity contribution in [3.8, 4) is 0 Å². The quantitative estimate of drug-likeness (QED) is 0.885.